The fourth-order valence-corrected chi connectivity index (χ4v) is 5.75. The Balaban J connectivity index is 4.06. The normalized spacial score (nSPS) is 14.0. The van der Waals surface area contributed by atoms with Gasteiger partial charge in [-0.25, -0.2) is 0 Å². The minimum absolute atomic E-state index is 0.243. The number of rotatable bonds is 17. The number of nitrogens with two attached hydrogens (primary N) is 1. The molecule has 0 rings (SSSR count). The highest BCUT2D eigenvalue weighted by Crippen LogP contribution is 2.31. The maximum absolute atomic E-state index is 6.43. The predicted molar refractivity (Wildman–Crippen MR) is 110 cm³/mol. The van der Waals surface area contributed by atoms with Gasteiger partial charge in [0.25, 0.3) is 0 Å². The lowest BCUT2D eigenvalue weighted by Gasteiger charge is -2.35. The van der Waals surface area contributed by atoms with Crippen molar-refractivity contribution in [3.05, 3.63) is 0 Å². The van der Waals surface area contributed by atoms with Crippen LogP contribution in [-0.4, -0.2) is 35.7 Å². The smallest absolute Gasteiger partial charge is 0.377 e. The summed E-state index contributed by atoms with van der Waals surface area (Å²) in [6, 6.07) is 0.789. The molecule has 0 radical (unpaired) electrons. The lowest BCUT2D eigenvalue weighted by Crippen LogP contribution is -2.50. The van der Waals surface area contributed by atoms with E-state index in [1.807, 2.05) is 0 Å². The molecule has 4 nitrogen and oxygen atoms in total. The van der Waals surface area contributed by atoms with Crippen LogP contribution in [0.4, 0.5) is 0 Å². The molecular weight excluding hydrogens is 330 g/mol. The van der Waals surface area contributed by atoms with Gasteiger partial charge in [0.05, 0.1) is 0 Å². The van der Waals surface area contributed by atoms with Gasteiger partial charge in [-0.2, -0.15) is 0 Å². The van der Waals surface area contributed by atoms with Crippen LogP contribution in [0.2, 0.25) is 6.04 Å². The van der Waals surface area contributed by atoms with Crippen molar-refractivity contribution < 1.29 is 13.3 Å². The Hall–Kier alpha value is 0.0569. The Morgan fingerprint density at radius 1 is 0.760 bits per heavy atom. The van der Waals surface area contributed by atoms with E-state index >= 15 is 0 Å². The highest BCUT2D eigenvalue weighted by molar-refractivity contribution is 6.60. The van der Waals surface area contributed by atoms with Gasteiger partial charge in [0, 0.05) is 32.9 Å². The first-order chi connectivity index (χ1) is 11.8. The molecule has 2 N–H and O–H groups in total. The highest BCUT2D eigenvalue weighted by Gasteiger charge is 2.43. The van der Waals surface area contributed by atoms with Crippen molar-refractivity contribution in [2.45, 2.75) is 103 Å². The Bertz CT molecular complexity index is 296. The molecule has 152 valence electrons. The van der Waals surface area contributed by atoms with Crippen LogP contribution in [-0.2, 0) is 13.3 Å². The molecule has 1 atom stereocenters. The van der Waals surface area contributed by atoms with Crippen LogP contribution in [0.25, 0.3) is 0 Å². The summed E-state index contributed by atoms with van der Waals surface area (Å²) in [4.78, 5) is 0. The third-order valence-corrected chi connectivity index (χ3v) is 8.25. The summed E-state index contributed by atoms with van der Waals surface area (Å²) >= 11 is 0. The number of hydrogen-bond donors (Lipinski definition) is 1. The molecular formula is C20H45NO3Si. The molecule has 0 aliphatic carbocycles. The molecule has 0 aromatic carbocycles. The zero-order chi connectivity index (χ0) is 19.2. The zero-order valence-corrected chi connectivity index (χ0v) is 18.9. The molecule has 0 heterocycles. The quantitative estimate of drug-likeness (QED) is 0.268. The first-order valence-corrected chi connectivity index (χ1v) is 12.2. The molecule has 0 saturated heterocycles. The van der Waals surface area contributed by atoms with E-state index in [2.05, 4.69) is 20.8 Å². The van der Waals surface area contributed by atoms with Gasteiger partial charge in [-0.05, 0) is 26.2 Å². The summed E-state index contributed by atoms with van der Waals surface area (Å²) in [7, 11) is 2.48. The van der Waals surface area contributed by atoms with Gasteiger partial charge in [0.2, 0.25) is 0 Å². The molecule has 0 bridgehead atoms. The van der Waals surface area contributed by atoms with Gasteiger partial charge in [-0.1, -0.05) is 71.1 Å². The SMILES string of the molecule is CCCCCCCCCCCCC(C[Si](OC)(OC)OC)C(C)(C)N. The third kappa shape index (κ3) is 11.4. The summed E-state index contributed by atoms with van der Waals surface area (Å²) in [5.41, 5.74) is 6.18. The van der Waals surface area contributed by atoms with Gasteiger partial charge in [0.1, 0.15) is 0 Å². The van der Waals surface area contributed by atoms with Gasteiger partial charge in [0.15, 0.2) is 0 Å². The monoisotopic (exact) mass is 375 g/mol. The second kappa shape index (κ2) is 14.2. The second-order valence-corrected chi connectivity index (χ2v) is 11.0. The van der Waals surface area contributed by atoms with E-state index < -0.39 is 8.80 Å². The van der Waals surface area contributed by atoms with Crippen LogP contribution in [0.15, 0.2) is 0 Å². The van der Waals surface area contributed by atoms with Crippen LogP contribution < -0.4 is 5.73 Å². The summed E-state index contributed by atoms with van der Waals surface area (Å²) < 4.78 is 16.8. The van der Waals surface area contributed by atoms with Crippen LogP contribution in [0.3, 0.4) is 0 Å². The zero-order valence-electron chi connectivity index (χ0n) is 17.9. The Morgan fingerprint density at radius 2 is 1.16 bits per heavy atom. The van der Waals surface area contributed by atoms with Crippen LogP contribution in [0.1, 0.15) is 91.4 Å². The molecule has 0 spiro atoms. The third-order valence-electron chi connectivity index (χ3n) is 5.39. The molecule has 0 aliphatic rings. The minimum atomic E-state index is -2.57. The second-order valence-electron chi connectivity index (χ2n) is 7.99. The Kier molecular flexibility index (Phi) is 14.2. The van der Waals surface area contributed by atoms with Gasteiger partial charge >= 0.3 is 8.80 Å². The lowest BCUT2D eigenvalue weighted by molar-refractivity contribution is 0.111. The molecule has 0 aromatic heterocycles. The van der Waals surface area contributed by atoms with Crippen LogP contribution in [0, 0.1) is 5.92 Å². The van der Waals surface area contributed by atoms with Crippen molar-refractivity contribution in [2.75, 3.05) is 21.3 Å². The lowest BCUT2D eigenvalue weighted by atomic mass is 9.85. The molecule has 0 aliphatic heterocycles. The molecule has 1 unspecified atom stereocenters. The molecule has 0 saturated carbocycles. The van der Waals surface area contributed by atoms with Crippen molar-refractivity contribution in [3.8, 4) is 0 Å². The Morgan fingerprint density at radius 3 is 1.52 bits per heavy atom. The van der Waals surface area contributed by atoms with Gasteiger partial charge in [-0.3, -0.25) is 0 Å². The standard InChI is InChI=1S/C20H45NO3Si/c1-7-8-9-10-11-12-13-14-15-16-17-19(20(2,3)21)18-25(22-4,23-5)24-6/h19H,7-18,21H2,1-6H3. The molecule has 25 heavy (non-hydrogen) atoms. The molecule has 5 heteroatoms. The fourth-order valence-electron chi connectivity index (χ4n) is 3.42. The predicted octanol–water partition coefficient (Wildman–Crippen LogP) is 5.53. The number of unbranched alkanes of at least 4 members (excludes halogenated alkanes) is 9. The Labute approximate surface area is 158 Å². The molecule has 0 fully saturated rings. The largest absolute Gasteiger partial charge is 0.500 e. The van der Waals surface area contributed by atoms with E-state index in [9.17, 15) is 0 Å². The number of hydrogen-bond acceptors (Lipinski definition) is 4. The fraction of sp³-hybridized carbons (Fsp3) is 1.00. The summed E-state index contributed by atoms with van der Waals surface area (Å²) in [5, 5.41) is 0. The topological polar surface area (TPSA) is 53.7 Å². The van der Waals surface area contributed by atoms with E-state index in [1.54, 1.807) is 21.3 Å². The molecule has 0 amide bonds. The van der Waals surface area contributed by atoms with E-state index in [-0.39, 0.29) is 5.54 Å². The van der Waals surface area contributed by atoms with Gasteiger partial charge < -0.3 is 19.0 Å². The highest BCUT2D eigenvalue weighted by atomic mass is 28.4. The van der Waals surface area contributed by atoms with E-state index in [0.717, 1.165) is 12.5 Å². The van der Waals surface area contributed by atoms with E-state index in [0.29, 0.717) is 5.92 Å². The van der Waals surface area contributed by atoms with E-state index in [4.69, 9.17) is 19.0 Å². The maximum atomic E-state index is 6.43. The average molecular weight is 376 g/mol. The summed E-state index contributed by atoms with van der Waals surface area (Å²) in [6.07, 6.45) is 14.7. The van der Waals surface area contributed by atoms with Crippen molar-refractivity contribution in [3.63, 3.8) is 0 Å². The average Bonchev–Trinajstić information content (AvgIpc) is 2.58. The van der Waals surface area contributed by atoms with Crippen LogP contribution in [0.5, 0.6) is 0 Å². The van der Waals surface area contributed by atoms with Crippen molar-refractivity contribution in [2.24, 2.45) is 11.7 Å². The molecule has 0 aromatic rings. The van der Waals surface area contributed by atoms with Crippen molar-refractivity contribution in [1.29, 1.82) is 0 Å². The summed E-state index contributed by atoms with van der Waals surface area (Å²) in [5.74, 6) is 0.355. The first-order valence-electron chi connectivity index (χ1n) is 10.3. The summed E-state index contributed by atoms with van der Waals surface area (Å²) in [6.45, 7) is 6.48. The van der Waals surface area contributed by atoms with Crippen molar-refractivity contribution in [1.82, 2.24) is 0 Å². The van der Waals surface area contributed by atoms with E-state index in [1.165, 1.54) is 64.2 Å². The first kappa shape index (κ1) is 25.1. The minimum Gasteiger partial charge on any atom is -0.377 e. The maximum Gasteiger partial charge on any atom is 0.500 e. The van der Waals surface area contributed by atoms with Crippen molar-refractivity contribution >= 4 is 8.80 Å². The van der Waals surface area contributed by atoms with Gasteiger partial charge in [-0.15, -0.1) is 0 Å². The van der Waals surface area contributed by atoms with Crippen LogP contribution >= 0.6 is 0 Å².